The van der Waals surface area contributed by atoms with Crippen molar-refractivity contribution in [2.24, 2.45) is 0 Å². The van der Waals surface area contributed by atoms with Gasteiger partial charge in [-0.05, 0) is 43.4 Å². The van der Waals surface area contributed by atoms with Crippen LogP contribution in [0.3, 0.4) is 0 Å². The van der Waals surface area contributed by atoms with Gasteiger partial charge in [0.25, 0.3) is 11.5 Å². The molecule has 1 aliphatic rings. The van der Waals surface area contributed by atoms with Gasteiger partial charge in [-0.3, -0.25) is 9.59 Å². The Hall–Kier alpha value is -3.22. The second kappa shape index (κ2) is 7.57. The van der Waals surface area contributed by atoms with E-state index in [0.29, 0.717) is 11.7 Å². The highest BCUT2D eigenvalue weighted by molar-refractivity contribution is 5.94. The van der Waals surface area contributed by atoms with E-state index in [4.69, 9.17) is 0 Å². The Labute approximate surface area is 156 Å². The molecule has 1 fully saturated rings. The number of nitrogens with zero attached hydrogens (tertiary/aromatic N) is 3. The molecular weight excluding hydrogens is 342 g/mol. The Morgan fingerprint density at radius 2 is 1.85 bits per heavy atom. The number of carbonyl (C=O) groups is 1. The molecule has 0 bridgehead atoms. The number of pyridine rings is 1. The smallest absolute Gasteiger partial charge is 0.261 e. The lowest BCUT2D eigenvalue weighted by Crippen LogP contribution is -2.40. The number of aromatic amines is 1. The minimum atomic E-state index is -0.370. The summed E-state index contributed by atoms with van der Waals surface area (Å²) < 4.78 is 1.88. The zero-order valence-electron chi connectivity index (χ0n) is 14.8. The minimum Gasteiger partial charge on any atom is -0.349 e. The van der Waals surface area contributed by atoms with Gasteiger partial charge in [-0.2, -0.15) is 5.10 Å². The lowest BCUT2D eigenvalue weighted by molar-refractivity contribution is 0.0920. The van der Waals surface area contributed by atoms with Crippen LogP contribution in [0, 0.1) is 0 Å². The maximum absolute atomic E-state index is 12.5. The molecule has 1 aromatic carbocycles. The van der Waals surface area contributed by atoms with Gasteiger partial charge < -0.3 is 10.3 Å². The molecule has 0 spiro atoms. The first-order valence-corrected chi connectivity index (χ1v) is 9.14. The fourth-order valence-electron chi connectivity index (χ4n) is 3.59. The summed E-state index contributed by atoms with van der Waals surface area (Å²) >= 11 is 0. The van der Waals surface area contributed by atoms with Gasteiger partial charge in [0.2, 0.25) is 0 Å². The summed E-state index contributed by atoms with van der Waals surface area (Å²) in [7, 11) is 0. The number of hydrogen-bond acceptors (Lipinski definition) is 4. The summed E-state index contributed by atoms with van der Waals surface area (Å²) in [6, 6.07) is 13.3. The second-order valence-corrected chi connectivity index (χ2v) is 6.84. The molecule has 7 nitrogen and oxygen atoms in total. The van der Waals surface area contributed by atoms with Crippen LogP contribution in [0.2, 0.25) is 0 Å². The van der Waals surface area contributed by atoms with E-state index in [-0.39, 0.29) is 23.1 Å². The SMILES string of the molecule is O=C(NC1CCC(n2cncn2)CC1)c1ccc(-c2ccccc2)[nH]c1=O. The van der Waals surface area contributed by atoms with Crippen LogP contribution in [-0.4, -0.2) is 31.7 Å². The highest BCUT2D eigenvalue weighted by Gasteiger charge is 2.24. The zero-order valence-corrected chi connectivity index (χ0v) is 14.8. The molecule has 1 aliphatic carbocycles. The molecule has 138 valence electrons. The quantitative estimate of drug-likeness (QED) is 0.745. The fourth-order valence-corrected chi connectivity index (χ4v) is 3.59. The van der Waals surface area contributed by atoms with E-state index in [9.17, 15) is 9.59 Å². The maximum atomic E-state index is 12.5. The van der Waals surface area contributed by atoms with Crippen molar-refractivity contribution in [1.82, 2.24) is 25.1 Å². The largest absolute Gasteiger partial charge is 0.349 e. The Kier molecular flexibility index (Phi) is 4.82. The first-order valence-electron chi connectivity index (χ1n) is 9.14. The molecule has 0 saturated heterocycles. The minimum absolute atomic E-state index is 0.0745. The van der Waals surface area contributed by atoms with Gasteiger partial charge in [0.15, 0.2) is 0 Å². The molecule has 7 heteroatoms. The van der Waals surface area contributed by atoms with Gasteiger partial charge in [0, 0.05) is 11.7 Å². The Morgan fingerprint density at radius 3 is 2.52 bits per heavy atom. The van der Waals surface area contributed by atoms with Gasteiger partial charge in [-0.25, -0.2) is 9.67 Å². The number of hydrogen-bond donors (Lipinski definition) is 2. The third kappa shape index (κ3) is 3.81. The van der Waals surface area contributed by atoms with Gasteiger partial charge >= 0.3 is 0 Å². The van der Waals surface area contributed by atoms with E-state index in [2.05, 4.69) is 20.4 Å². The van der Waals surface area contributed by atoms with Crippen LogP contribution in [0.4, 0.5) is 0 Å². The summed E-state index contributed by atoms with van der Waals surface area (Å²) in [6.45, 7) is 0. The summed E-state index contributed by atoms with van der Waals surface area (Å²) in [4.78, 5) is 31.7. The summed E-state index contributed by atoms with van der Waals surface area (Å²) in [5.41, 5.74) is 1.39. The molecular formula is C20H21N5O2. The van der Waals surface area contributed by atoms with Crippen LogP contribution in [-0.2, 0) is 0 Å². The van der Waals surface area contributed by atoms with Crippen LogP contribution in [0.5, 0.6) is 0 Å². The normalized spacial score (nSPS) is 19.6. The van der Waals surface area contributed by atoms with Gasteiger partial charge in [0.1, 0.15) is 18.2 Å². The number of amides is 1. The van der Waals surface area contributed by atoms with Crippen molar-refractivity contribution in [3.05, 3.63) is 71.0 Å². The van der Waals surface area contributed by atoms with Crippen LogP contribution in [0.15, 0.2) is 59.9 Å². The average Bonchev–Trinajstić information content (AvgIpc) is 3.24. The van der Waals surface area contributed by atoms with E-state index < -0.39 is 0 Å². The van der Waals surface area contributed by atoms with E-state index in [1.165, 1.54) is 0 Å². The molecule has 2 N–H and O–H groups in total. The lowest BCUT2D eigenvalue weighted by atomic mass is 9.91. The molecule has 0 atom stereocenters. The van der Waals surface area contributed by atoms with E-state index in [1.54, 1.807) is 24.8 Å². The summed E-state index contributed by atoms with van der Waals surface area (Å²) in [5, 5.41) is 7.19. The van der Waals surface area contributed by atoms with Crippen molar-refractivity contribution < 1.29 is 4.79 Å². The second-order valence-electron chi connectivity index (χ2n) is 6.84. The Morgan fingerprint density at radius 1 is 1.07 bits per heavy atom. The van der Waals surface area contributed by atoms with Crippen molar-refractivity contribution in [2.45, 2.75) is 37.8 Å². The fraction of sp³-hybridized carbons (Fsp3) is 0.300. The first-order chi connectivity index (χ1) is 13.2. The van der Waals surface area contributed by atoms with E-state index in [0.717, 1.165) is 31.2 Å². The third-order valence-corrected chi connectivity index (χ3v) is 5.08. The van der Waals surface area contributed by atoms with E-state index >= 15 is 0 Å². The molecule has 2 aromatic heterocycles. The molecule has 1 saturated carbocycles. The number of benzene rings is 1. The number of nitrogens with one attached hydrogen (secondary N) is 2. The number of aromatic nitrogens is 4. The third-order valence-electron chi connectivity index (χ3n) is 5.08. The molecule has 1 amide bonds. The number of rotatable bonds is 4. The van der Waals surface area contributed by atoms with Crippen LogP contribution >= 0.6 is 0 Å². The highest BCUT2D eigenvalue weighted by Crippen LogP contribution is 2.27. The molecule has 0 unspecified atom stereocenters. The Bertz CT molecular complexity index is 958. The molecule has 4 rings (SSSR count). The number of carbonyl (C=O) groups excluding carboxylic acids is 1. The zero-order chi connectivity index (χ0) is 18.6. The lowest BCUT2D eigenvalue weighted by Gasteiger charge is -2.28. The monoisotopic (exact) mass is 363 g/mol. The van der Waals surface area contributed by atoms with Gasteiger partial charge in [-0.15, -0.1) is 0 Å². The van der Waals surface area contributed by atoms with E-state index in [1.807, 2.05) is 35.0 Å². The molecule has 0 aliphatic heterocycles. The predicted octanol–water partition coefficient (Wildman–Crippen LogP) is 2.55. The van der Waals surface area contributed by atoms with Crippen molar-refractivity contribution >= 4 is 5.91 Å². The van der Waals surface area contributed by atoms with Gasteiger partial charge in [0.05, 0.1) is 6.04 Å². The van der Waals surface area contributed by atoms with Crippen LogP contribution < -0.4 is 10.9 Å². The molecule has 27 heavy (non-hydrogen) atoms. The highest BCUT2D eigenvalue weighted by atomic mass is 16.2. The number of H-pyrrole nitrogens is 1. The van der Waals surface area contributed by atoms with Crippen molar-refractivity contribution in [3.63, 3.8) is 0 Å². The predicted molar refractivity (Wildman–Crippen MR) is 101 cm³/mol. The van der Waals surface area contributed by atoms with Gasteiger partial charge in [-0.1, -0.05) is 30.3 Å². The van der Waals surface area contributed by atoms with Crippen molar-refractivity contribution in [3.8, 4) is 11.3 Å². The molecule has 0 radical (unpaired) electrons. The first kappa shape index (κ1) is 17.2. The summed E-state index contributed by atoms with van der Waals surface area (Å²) in [6.07, 6.45) is 6.85. The van der Waals surface area contributed by atoms with Crippen molar-refractivity contribution in [1.29, 1.82) is 0 Å². The average molecular weight is 363 g/mol. The topological polar surface area (TPSA) is 92.7 Å². The van der Waals surface area contributed by atoms with Crippen LogP contribution in [0.25, 0.3) is 11.3 Å². The molecule has 2 heterocycles. The van der Waals surface area contributed by atoms with Crippen molar-refractivity contribution in [2.75, 3.05) is 0 Å². The maximum Gasteiger partial charge on any atom is 0.261 e. The standard InChI is InChI=1S/C20H21N5O2/c26-19(23-15-6-8-16(9-7-15)25-13-21-12-22-25)17-10-11-18(24-20(17)27)14-4-2-1-3-5-14/h1-5,10-13,15-16H,6-9H2,(H,23,26)(H,24,27). The molecule has 3 aromatic rings. The summed E-state index contributed by atoms with van der Waals surface area (Å²) in [5.74, 6) is -0.319. The Balaban J connectivity index is 1.39. The van der Waals surface area contributed by atoms with Crippen LogP contribution in [0.1, 0.15) is 42.1 Å².